The first-order valence-corrected chi connectivity index (χ1v) is 7.35. The molecule has 1 aliphatic heterocycles. The molecular weight excluding hydrogens is 336 g/mol. The van der Waals surface area contributed by atoms with Crippen LogP contribution in [0.15, 0.2) is 24.4 Å². The van der Waals surface area contributed by atoms with E-state index in [1.165, 1.54) is 29.1 Å². The molecule has 0 amide bonds. The lowest BCUT2D eigenvalue weighted by Gasteiger charge is -2.20. The highest BCUT2D eigenvalue weighted by Gasteiger charge is 2.47. The van der Waals surface area contributed by atoms with Gasteiger partial charge in [-0.2, -0.15) is 13.2 Å². The van der Waals surface area contributed by atoms with E-state index in [2.05, 4.69) is 15.6 Å². The number of halogens is 5. The van der Waals surface area contributed by atoms with Gasteiger partial charge in [0, 0.05) is 31.1 Å². The van der Waals surface area contributed by atoms with Gasteiger partial charge in [-0.3, -0.25) is 4.68 Å². The van der Waals surface area contributed by atoms with Gasteiger partial charge in [0.2, 0.25) is 0 Å². The molecule has 1 saturated heterocycles. The smallest absolute Gasteiger partial charge is 0.316 e. The first kappa shape index (κ1) is 16.2. The molecule has 0 bridgehead atoms. The van der Waals surface area contributed by atoms with Gasteiger partial charge in [0.25, 0.3) is 0 Å². The van der Waals surface area contributed by atoms with Crippen molar-refractivity contribution in [2.24, 2.45) is 11.8 Å². The lowest BCUT2D eigenvalue weighted by Crippen LogP contribution is -2.32. The number of nitrogens with zero attached hydrogens (tertiary/aromatic N) is 3. The van der Waals surface area contributed by atoms with Crippen molar-refractivity contribution >= 4 is 11.6 Å². The van der Waals surface area contributed by atoms with Gasteiger partial charge in [-0.15, -0.1) is 5.10 Å². The maximum atomic E-state index is 13.2. The fraction of sp³-hybridized carbons (Fsp3) is 0.429. The zero-order valence-corrected chi connectivity index (χ0v) is 12.6. The minimum Gasteiger partial charge on any atom is -0.316 e. The summed E-state index contributed by atoms with van der Waals surface area (Å²) in [5.74, 6) is -2.54. The third-order valence-electron chi connectivity index (χ3n) is 3.94. The lowest BCUT2D eigenvalue weighted by atomic mass is 9.95. The Balaban J connectivity index is 1.76. The van der Waals surface area contributed by atoms with Crippen LogP contribution >= 0.6 is 11.6 Å². The summed E-state index contributed by atoms with van der Waals surface area (Å²) in [5.41, 5.74) is 0.987. The molecule has 2 heterocycles. The predicted molar refractivity (Wildman–Crippen MR) is 76.3 cm³/mol. The largest absolute Gasteiger partial charge is 0.393 e. The van der Waals surface area contributed by atoms with Crippen molar-refractivity contribution in [3.63, 3.8) is 0 Å². The number of hydrogen-bond acceptors (Lipinski definition) is 3. The molecule has 23 heavy (non-hydrogen) atoms. The lowest BCUT2D eigenvalue weighted by molar-refractivity contribution is -0.180. The van der Waals surface area contributed by atoms with E-state index in [0.717, 1.165) is 0 Å². The monoisotopic (exact) mass is 348 g/mol. The van der Waals surface area contributed by atoms with Gasteiger partial charge in [-0.25, -0.2) is 4.39 Å². The van der Waals surface area contributed by atoms with E-state index in [0.29, 0.717) is 11.3 Å². The van der Waals surface area contributed by atoms with E-state index in [4.69, 9.17) is 11.6 Å². The molecule has 2 atom stereocenters. The molecule has 9 heteroatoms. The van der Waals surface area contributed by atoms with Gasteiger partial charge >= 0.3 is 6.18 Å². The minimum atomic E-state index is -4.23. The summed E-state index contributed by atoms with van der Waals surface area (Å²) >= 11 is 5.71. The van der Waals surface area contributed by atoms with Gasteiger partial charge in [-0.05, 0) is 18.2 Å². The van der Waals surface area contributed by atoms with Crippen LogP contribution in [0.25, 0.3) is 11.3 Å². The summed E-state index contributed by atoms with van der Waals surface area (Å²) in [6.07, 6.45) is -2.70. The number of alkyl halides is 3. The minimum absolute atomic E-state index is 0.0471. The van der Waals surface area contributed by atoms with Crippen molar-refractivity contribution < 1.29 is 17.6 Å². The van der Waals surface area contributed by atoms with E-state index in [-0.39, 0.29) is 24.7 Å². The van der Waals surface area contributed by atoms with E-state index >= 15 is 0 Å². The highest BCUT2D eigenvalue weighted by Crippen LogP contribution is 2.35. The maximum absolute atomic E-state index is 13.2. The molecular formula is C14H13ClF4N4. The Morgan fingerprint density at radius 2 is 2.09 bits per heavy atom. The van der Waals surface area contributed by atoms with Crippen LogP contribution in [0.1, 0.15) is 0 Å². The molecule has 124 valence electrons. The Kier molecular flexibility index (Phi) is 4.29. The number of nitrogens with one attached hydrogen (secondary N) is 1. The van der Waals surface area contributed by atoms with Crippen LogP contribution in [0.5, 0.6) is 0 Å². The van der Waals surface area contributed by atoms with Crippen LogP contribution in [-0.4, -0.2) is 34.3 Å². The fourth-order valence-corrected chi connectivity index (χ4v) is 2.90. The molecule has 1 aromatic carbocycles. The van der Waals surface area contributed by atoms with E-state index in [9.17, 15) is 17.6 Å². The second-order valence-corrected chi connectivity index (χ2v) is 5.93. The van der Waals surface area contributed by atoms with E-state index < -0.39 is 23.8 Å². The normalized spacial score (nSPS) is 21.8. The van der Waals surface area contributed by atoms with Crippen molar-refractivity contribution in [3.05, 3.63) is 35.2 Å². The van der Waals surface area contributed by atoms with Crippen LogP contribution in [0.2, 0.25) is 5.02 Å². The molecule has 0 saturated carbocycles. The van der Waals surface area contributed by atoms with Crippen LogP contribution in [0.3, 0.4) is 0 Å². The molecule has 1 aliphatic rings. The Morgan fingerprint density at radius 3 is 2.78 bits per heavy atom. The standard InChI is InChI=1S/C14H13ClF4N4/c15-11-3-8(1-2-12(11)16)13-7-23(22-21-13)6-9-4-20-5-10(9)14(17,18)19/h1-3,7,9-10,20H,4-6H2/t9-,10+/m0/s1. The first-order valence-electron chi connectivity index (χ1n) is 6.97. The van der Waals surface area contributed by atoms with Crippen LogP contribution in [-0.2, 0) is 6.54 Å². The van der Waals surface area contributed by atoms with Gasteiger partial charge in [0.15, 0.2) is 0 Å². The van der Waals surface area contributed by atoms with E-state index in [1.54, 1.807) is 0 Å². The zero-order valence-electron chi connectivity index (χ0n) is 11.8. The predicted octanol–water partition coefficient (Wildman–Crippen LogP) is 3.14. The summed E-state index contributed by atoms with van der Waals surface area (Å²) in [6, 6.07) is 4.10. The second-order valence-electron chi connectivity index (χ2n) is 5.52. The molecule has 0 aliphatic carbocycles. The third-order valence-corrected chi connectivity index (χ3v) is 4.23. The Hall–Kier alpha value is -1.67. The molecule has 4 nitrogen and oxygen atoms in total. The molecule has 0 spiro atoms. The molecule has 0 radical (unpaired) electrons. The Morgan fingerprint density at radius 1 is 1.30 bits per heavy atom. The Labute approximate surface area is 134 Å². The third kappa shape index (κ3) is 3.48. The molecule has 1 aromatic heterocycles. The fourth-order valence-electron chi connectivity index (χ4n) is 2.72. The second kappa shape index (κ2) is 6.09. The summed E-state index contributed by atoms with van der Waals surface area (Å²) in [6.45, 7) is 0.310. The quantitative estimate of drug-likeness (QED) is 0.867. The summed E-state index contributed by atoms with van der Waals surface area (Å²) in [4.78, 5) is 0. The number of benzene rings is 1. The van der Waals surface area contributed by atoms with E-state index in [1.807, 2.05) is 0 Å². The molecule has 0 unspecified atom stereocenters. The number of aromatic nitrogens is 3. The first-order chi connectivity index (χ1) is 10.8. The van der Waals surface area contributed by atoms with Crippen LogP contribution in [0, 0.1) is 17.7 Å². The topological polar surface area (TPSA) is 42.7 Å². The van der Waals surface area contributed by atoms with Crippen LogP contribution in [0.4, 0.5) is 17.6 Å². The van der Waals surface area contributed by atoms with Gasteiger partial charge < -0.3 is 5.32 Å². The van der Waals surface area contributed by atoms with Crippen molar-refractivity contribution in [2.75, 3.05) is 13.1 Å². The van der Waals surface area contributed by atoms with Crippen molar-refractivity contribution in [3.8, 4) is 11.3 Å². The summed E-state index contributed by atoms with van der Waals surface area (Å²) in [5, 5.41) is 10.5. The summed E-state index contributed by atoms with van der Waals surface area (Å²) < 4.78 is 53.3. The highest BCUT2D eigenvalue weighted by molar-refractivity contribution is 6.31. The van der Waals surface area contributed by atoms with Gasteiger partial charge in [-0.1, -0.05) is 16.8 Å². The summed E-state index contributed by atoms with van der Waals surface area (Å²) in [7, 11) is 0. The van der Waals surface area contributed by atoms with Crippen LogP contribution < -0.4 is 5.32 Å². The SMILES string of the molecule is Fc1ccc(-c2cn(C[C@@H]3CNC[C@H]3C(F)(F)F)nn2)cc1Cl. The zero-order chi connectivity index (χ0) is 16.6. The highest BCUT2D eigenvalue weighted by atomic mass is 35.5. The van der Waals surface area contributed by atoms with Crippen molar-refractivity contribution in [2.45, 2.75) is 12.7 Å². The molecule has 1 N–H and O–H groups in total. The Bertz CT molecular complexity index is 700. The average Bonchev–Trinajstić information content (AvgIpc) is 3.11. The molecule has 2 aromatic rings. The average molecular weight is 349 g/mol. The van der Waals surface area contributed by atoms with Crippen molar-refractivity contribution in [1.82, 2.24) is 20.3 Å². The molecule has 3 rings (SSSR count). The van der Waals surface area contributed by atoms with Gasteiger partial charge in [0.1, 0.15) is 11.5 Å². The maximum Gasteiger partial charge on any atom is 0.393 e. The number of hydrogen-bond donors (Lipinski definition) is 1. The number of rotatable bonds is 3. The van der Waals surface area contributed by atoms with Crippen molar-refractivity contribution in [1.29, 1.82) is 0 Å². The molecule has 1 fully saturated rings. The van der Waals surface area contributed by atoms with Gasteiger partial charge in [0.05, 0.1) is 17.1 Å².